The number of alkyl halides is 3. The summed E-state index contributed by atoms with van der Waals surface area (Å²) in [7, 11) is -3.48. The molecule has 0 bridgehead atoms. The molecule has 3 aliphatic rings. The SMILES string of the molecule is C[C@@H]1CN(c2ncnc3c2C(C)(C)CN3c2ncc(C#N)c(C(F)(F)F)n2)[C@@H](C)CN1C(=O)[C@@]1(C)CCS1(=O)=O. The van der Waals surface area contributed by atoms with Crippen LogP contribution in [0.3, 0.4) is 0 Å². The van der Waals surface area contributed by atoms with Crippen LogP contribution in [-0.2, 0) is 26.2 Å². The second kappa shape index (κ2) is 8.98. The highest BCUT2D eigenvalue weighted by Gasteiger charge is 2.57. The number of nitriles is 1. The van der Waals surface area contributed by atoms with Crippen LogP contribution >= 0.6 is 0 Å². The van der Waals surface area contributed by atoms with Gasteiger partial charge in [-0.15, -0.1) is 0 Å². The number of aromatic nitrogens is 4. The minimum atomic E-state index is -4.84. The number of hydrogen-bond acceptors (Lipinski definition) is 10. The summed E-state index contributed by atoms with van der Waals surface area (Å²) in [5.74, 6) is 0.325. The molecule has 3 atom stereocenters. The van der Waals surface area contributed by atoms with E-state index in [1.807, 2.05) is 32.6 Å². The number of sulfone groups is 1. The Morgan fingerprint density at radius 3 is 2.35 bits per heavy atom. The van der Waals surface area contributed by atoms with E-state index in [9.17, 15) is 26.4 Å². The van der Waals surface area contributed by atoms with Gasteiger partial charge in [0, 0.05) is 42.7 Å². The highest BCUT2D eigenvalue weighted by atomic mass is 32.2. The molecule has 0 spiro atoms. The number of anilines is 3. The Bertz CT molecular complexity index is 1540. The molecule has 214 valence electrons. The molecule has 0 radical (unpaired) electrons. The van der Waals surface area contributed by atoms with E-state index >= 15 is 0 Å². The molecule has 0 aromatic carbocycles. The lowest BCUT2D eigenvalue weighted by Gasteiger charge is -2.49. The number of hydrogen-bond donors (Lipinski definition) is 0. The molecule has 3 aliphatic heterocycles. The Balaban J connectivity index is 1.49. The average Bonchev–Trinajstić information content (AvgIpc) is 3.18. The third-order valence-electron chi connectivity index (χ3n) is 8.21. The molecular formula is C25H29F3N8O3S. The van der Waals surface area contributed by atoms with E-state index in [0.717, 1.165) is 6.20 Å². The first-order chi connectivity index (χ1) is 18.5. The smallest absolute Gasteiger partial charge is 0.350 e. The summed E-state index contributed by atoms with van der Waals surface area (Å²) in [5, 5.41) is 9.12. The van der Waals surface area contributed by atoms with E-state index in [1.165, 1.54) is 24.2 Å². The van der Waals surface area contributed by atoms with Crippen molar-refractivity contribution in [2.75, 3.05) is 35.2 Å². The standard InChI is InChI=1S/C25H29F3N8O3S/c1-14-11-35(21(37)24(5)6-7-40(24,38)39)15(2)10-34(14)19-17-20(32-13-31-19)36(12-23(17,3)4)22-30-9-16(8-29)18(33-22)25(26,27)28/h9,13-15H,6-7,10-12H2,1-5H3/t14-,15+,24+/m0/s1. The van der Waals surface area contributed by atoms with Crippen molar-refractivity contribution in [3.8, 4) is 6.07 Å². The molecule has 0 unspecified atom stereocenters. The first-order valence-corrected chi connectivity index (χ1v) is 14.4. The molecule has 2 saturated heterocycles. The summed E-state index contributed by atoms with van der Waals surface area (Å²) < 4.78 is 64.2. The summed E-state index contributed by atoms with van der Waals surface area (Å²) in [4.78, 5) is 35.2. The molecule has 15 heteroatoms. The molecule has 11 nitrogen and oxygen atoms in total. The lowest BCUT2D eigenvalue weighted by molar-refractivity contribution is -0.141. The van der Waals surface area contributed by atoms with E-state index in [4.69, 9.17) is 5.26 Å². The minimum absolute atomic E-state index is 0.00517. The Labute approximate surface area is 230 Å². The molecule has 0 N–H and O–H groups in total. The molecule has 0 saturated carbocycles. The highest BCUT2D eigenvalue weighted by Crippen LogP contribution is 2.47. The van der Waals surface area contributed by atoms with Gasteiger partial charge >= 0.3 is 6.18 Å². The van der Waals surface area contributed by atoms with Gasteiger partial charge in [-0.2, -0.15) is 18.4 Å². The Hall–Kier alpha value is -3.54. The number of amides is 1. The van der Waals surface area contributed by atoms with Gasteiger partial charge in [0.1, 0.15) is 34.3 Å². The first-order valence-electron chi connectivity index (χ1n) is 12.8. The van der Waals surface area contributed by atoms with Crippen LogP contribution in [-0.4, -0.2) is 81.4 Å². The molecule has 5 heterocycles. The van der Waals surface area contributed by atoms with Crippen LogP contribution in [0.25, 0.3) is 0 Å². The monoisotopic (exact) mass is 578 g/mol. The molecule has 40 heavy (non-hydrogen) atoms. The van der Waals surface area contributed by atoms with Crippen LogP contribution in [0.1, 0.15) is 57.9 Å². The van der Waals surface area contributed by atoms with E-state index in [1.54, 1.807) is 4.90 Å². The van der Waals surface area contributed by atoms with Gasteiger partial charge in [-0.05, 0) is 27.2 Å². The number of halogens is 3. The molecular weight excluding hydrogens is 549 g/mol. The van der Waals surface area contributed by atoms with Gasteiger partial charge in [0.15, 0.2) is 15.5 Å². The van der Waals surface area contributed by atoms with Crippen LogP contribution in [0.4, 0.5) is 30.8 Å². The Kier molecular flexibility index (Phi) is 6.29. The van der Waals surface area contributed by atoms with Gasteiger partial charge in [-0.1, -0.05) is 13.8 Å². The normalized spacial score (nSPS) is 27.1. The number of rotatable bonds is 3. The lowest BCUT2D eigenvalue weighted by Crippen LogP contribution is -2.66. The van der Waals surface area contributed by atoms with Crippen molar-refractivity contribution in [3.05, 3.63) is 29.3 Å². The fourth-order valence-corrected chi connectivity index (χ4v) is 7.27. The number of carbonyl (C=O) groups excluding carboxylic acids is 1. The van der Waals surface area contributed by atoms with Crippen LogP contribution in [0.15, 0.2) is 12.5 Å². The van der Waals surface area contributed by atoms with Crippen LogP contribution in [0.5, 0.6) is 0 Å². The van der Waals surface area contributed by atoms with Gasteiger partial charge in [0.2, 0.25) is 11.9 Å². The summed E-state index contributed by atoms with van der Waals surface area (Å²) in [6.45, 7) is 9.96. The fourth-order valence-electron chi connectivity index (χ4n) is 5.73. The Morgan fingerprint density at radius 2 is 1.77 bits per heavy atom. The summed E-state index contributed by atoms with van der Waals surface area (Å²) in [6.07, 6.45) is -2.35. The molecule has 0 aliphatic carbocycles. The zero-order valence-electron chi connectivity index (χ0n) is 22.7. The summed E-state index contributed by atoms with van der Waals surface area (Å²) >= 11 is 0. The van der Waals surface area contributed by atoms with Crippen molar-refractivity contribution in [1.29, 1.82) is 5.26 Å². The Morgan fingerprint density at radius 1 is 1.10 bits per heavy atom. The van der Waals surface area contributed by atoms with Crippen LogP contribution in [0.2, 0.25) is 0 Å². The predicted octanol–water partition coefficient (Wildman–Crippen LogP) is 2.59. The van der Waals surface area contributed by atoms with Gasteiger partial charge in [0.25, 0.3) is 0 Å². The van der Waals surface area contributed by atoms with Crippen molar-refractivity contribution in [1.82, 2.24) is 24.8 Å². The second-order valence-electron chi connectivity index (χ2n) is 11.5. The number of piperazine rings is 1. The first kappa shape index (κ1) is 28.0. The van der Waals surface area contributed by atoms with Gasteiger partial charge in [0.05, 0.1) is 11.9 Å². The molecule has 2 aromatic heterocycles. The van der Waals surface area contributed by atoms with E-state index in [2.05, 4.69) is 19.9 Å². The number of carbonyl (C=O) groups is 1. The van der Waals surface area contributed by atoms with Crippen molar-refractivity contribution >= 4 is 33.3 Å². The van der Waals surface area contributed by atoms with Crippen molar-refractivity contribution < 1.29 is 26.4 Å². The van der Waals surface area contributed by atoms with E-state index in [-0.39, 0.29) is 36.9 Å². The predicted molar refractivity (Wildman–Crippen MR) is 139 cm³/mol. The summed E-state index contributed by atoms with van der Waals surface area (Å²) in [5.41, 5.74) is -1.91. The number of nitrogens with zero attached hydrogens (tertiary/aromatic N) is 8. The third-order valence-corrected chi connectivity index (χ3v) is 10.7. The maximum absolute atomic E-state index is 13.6. The molecule has 1 amide bonds. The summed E-state index contributed by atoms with van der Waals surface area (Å²) in [6, 6.07) is 0.934. The minimum Gasteiger partial charge on any atom is -0.350 e. The average molecular weight is 579 g/mol. The van der Waals surface area contributed by atoms with E-state index in [0.29, 0.717) is 30.2 Å². The zero-order valence-corrected chi connectivity index (χ0v) is 23.5. The van der Waals surface area contributed by atoms with Crippen molar-refractivity contribution in [2.24, 2.45) is 0 Å². The van der Waals surface area contributed by atoms with Gasteiger partial charge < -0.3 is 9.80 Å². The highest BCUT2D eigenvalue weighted by molar-refractivity contribution is 7.95. The van der Waals surface area contributed by atoms with Crippen LogP contribution in [0, 0.1) is 11.3 Å². The van der Waals surface area contributed by atoms with E-state index < -0.39 is 43.3 Å². The number of fused-ring (bicyclic) bond motifs is 1. The van der Waals surface area contributed by atoms with Crippen molar-refractivity contribution in [3.63, 3.8) is 0 Å². The lowest BCUT2D eigenvalue weighted by atomic mass is 9.87. The third kappa shape index (κ3) is 4.15. The second-order valence-corrected chi connectivity index (χ2v) is 14.1. The fraction of sp³-hybridized carbons (Fsp3) is 0.600. The van der Waals surface area contributed by atoms with Gasteiger partial charge in [-0.3, -0.25) is 9.69 Å². The maximum Gasteiger partial charge on any atom is 0.434 e. The zero-order chi connectivity index (χ0) is 29.4. The van der Waals surface area contributed by atoms with Crippen LogP contribution < -0.4 is 9.80 Å². The molecule has 5 rings (SSSR count). The van der Waals surface area contributed by atoms with Crippen molar-refractivity contribution in [2.45, 2.75) is 69.5 Å². The topological polar surface area (TPSA) is 136 Å². The van der Waals surface area contributed by atoms with Gasteiger partial charge in [-0.25, -0.2) is 28.4 Å². The molecule has 2 fully saturated rings. The molecule has 2 aromatic rings. The quantitative estimate of drug-likeness (QED) is 0.535. The largest absolute Gasteiger partial charge is 0.434 e. The maximum atomic E-state index is 13.6.